The number of hydrogen-bond donors (Lipinski definition) is 3. The first-order valence-corrected chi connectivity index (χ1v) is 5.42. The summed E-state index contributed by atoms with van der Waals surface area (Å²) in [5, 5.41) is 15.1. The van der Waals surface area contributed by atoms with Crippen molar-refractivity contribution in [2.45, 2.75) is 6.54 Å². The van der Waals surface area contributed by atoms with Crippen molar-refractivity contribution in [2.24, 2.45) is 0 Å². The number of thiocarbonyl (C=S) groups is 1. The smallest absolute Gasteiger partial charge is 0.166 e. The Morgan fingerprint density at radius 3 is 2.56 bits per heavy atom. The Bertz CT molecular complexity index is 327. The predicted octanol–water partition coefficient (Wildman–Crippen LogP) is 0.652. The first kappa shape index (κ1) is 12.7. The van der Waals surface area contributed by atoms with E-state index in [-0.39, 0.29) is 6.61 Å². The molecule has 1 aromatic rings. The second kappa shape index (κ2) is 7.03. The Morgan fingerprint density at radius 1 is 1.31 bits per heavy atom. The molecule has 1 aromatic carbocycles. The SMILES string of the molecule is COc1ccc(CNC(=S)NCCO)cc1. The molecule has 0 bridgehead atoms. The zero-order chi connectivity index (χ0) is 11.8. The second-order valence-electron chi connectivity index (χ2n) is 3.18. The molecule has 5 heteroatoms. The van der Waals surface area contributed by atoms with Crippen molar-refractivity contribution in [1.82, 2.24) is 10.6 Å². The summed E-state index contributed by atoms with van der Waals surface area (Å²) >= 11 is 5.01. The van der Waals surface area contributed by atoms with E-state index in [1.165, 1.54) is 0 Å². The van der Waals surface area contributed by atoms with Crippen molar-refractivity contribution in [1.29, 1.82) is 0 Å². The summed E-state index contributed by atoms with van der Waals surface area (Å²) in [7, 11) is 1.64. The van der Waals surface area contributed by atoms with E-state index in [9.17, 15) is 0 Å². The van der Waals surface area contributed by atoms with Gasteiger partial charge in [0.2, 0.25) is 0 Å². The maximum atomic E-state index is 8.59. The molecule has 0 aliphatic heterocycles. The average molecular weight is 240 g/mol. The molecule has 0 radical (unpaired) electrons. The summed E-state index contributed by atoms with van der Waals surface area (Å²) in [5.74, 6) is 0.838. The first-order valence-electron chi connectivity index (χ1n) is 5.01. The highest BCUT2D eigenvalue weighted by Crippen LogP contribution is 2.10. The van der Waals surface area contributed by atoms with Crippen LogP contribution < -0.4 is 15.4 Å². The molecule has 0 aliphatic rings. The third-order valence-corrected chi connectivity index (χ3v) is 2.30. The van der Waals surface area contributed by atoms with Gasteiger partial charge in [-0.2, -0.15) is 0 Å². The molecule has 0 atom stereocenters. The number of hydrogen-bond acceptors (Lipinski definition) is 3. The molecule has 3 N–H and O–H groups in total. The number of aliphatic hydroxyl groups excluding tert-OH is 1. The minimum absolute atomic E-state index is 0.0738. The van der Waals surface area contributed by atoms with Gasteiger partial charge in [-0.25, -0.2) is 0 Å². The lowest BCUT2D eigenvalue weighted by Gasteiger charge is -2.09. The molecule has 4 nitrogen and oxygen atoms in total. The van der Waals surface area contributed by atoms with Gasteiger partial charge >= 0.3 is 0 Å². The lowest BCUT2D eigenvalue weighted by atomic mass is 10.2. The van der Waals surface area contributed by atoms with Gasteiger partial charge in [-0.3, -0.25) is 0 Å². The third kappa shape index (κ3) is 4.46. The van der Waals surface area contributed by atoms with Crippen LogP contribution >= 0.6 is 12.2 Å². The number of nitrogens with one attached hydrogen (secondary N) is 2. The molecule has 0 fully saturated rings. The Kier molecular flexibility index (Phi) is 5.60. The predicted molar refractivity (Wildman–Crippen MR) is 67.5 cm³/mol. The highest BCUT2D eigenvalue weighted by atomic mass is 32.1. The molecule has 16 heavy (non-hydrogen) atoms. The molecular weight excluding hydrogens is 224 g/mol. The minimum atomic E-state index is 0.0738. The summed E-state index contributed by atoms with van der Waals surface area (Å²) in [4.78, 5) is 0. The first-order chi connectivity index (χ1) is 7.76. The van der Waals surface area contributed by atoms with Crippen LogP contribution in [0.2, 0.25) is 0 Å². The largest absolute Gasteiger partial charge is 0.497 e. The Labute approximate surface area is 101 Å². The topological polar surface area (TPSA) is 53.5 Å². The normalized spacial score (nSPS) is 9.62. The molecule has 0 aliphatic carbocycles. The fourth-order valence-electron chi connectivity index (χ4n) is 1.16. The molecule has 1 rings (SSSR count). The van der Waals surface area contributed by atoms with Crippen LogP contribution in [0.4, 0.5) is 0 Å². The molecule has 0 heterocycles. The van der Waals surface area contributed by atoms with Crippen LogP contribution in [0.1, 0.15) is 5.56 Å². The van der Waals surface area contributed by atoms with E-state index in [4.69, 9.17) is 22.1 Å². The average Bonchev–Trinajstić information content (AvgIpc) is 2.34. The molecule has 0 amide bonds. The maximum absolute atomic E-state index is 8.59. The summed E-state index contributed by atoms with van der Waals surface area (Å²) in [6.45, 7) is 1.19. The second-order valence-corrected chi connectivity index (χ2v) is 3.59. The number of benzene rings is 1. The lowest BCUT2D eigenvalue weighted by molar-refractivity contribution is 0.300. The summed E-state index contributed by atoms with van der Waals surface area (Å²) in [5.41, 5.74) is 1.12. The fourth-order valence-corrected chi connectivity index (χ4v) is 1.33. The van der Waals surface area contributed by atoms with E-state index in [1.807, 2.05) is 24.3 Å². The van der Waals surface area contributed by atoms with Gasteiger partial charge in [0.15, 0.2) is 5.11 Å². The van der Waals surface area contributed by atoms with Crippen LogP contribution in [-0.4, -0.2) is 30.5 Å². The number of methoxy groups -OCH3 is 1. The van der Waals surface area contributed by atoms with Crippen molar-refractivity contribution < 1.29 is 9.84 Å². The maximum Gasteiger partial charge on any atom is 0.166 e. The van der Waals surface area contributed by atoms with Crippen molar-refractivity contribution in [3.8, 4) is 5.75 Å². The van der Waals surface area contributed by atoms with Gasteiger partial charge in [-0.05, 0) is 29.9 Å². The van der Waals surface area contributed by atoms with Crippen LogP contribution in [0.3, 0.4) is 0 Å². The Morgan fingerprint density at radius 2 is 2.00 bits per heavy atom. The highest BCUT2D eigenvalue weighted by Gasteiger charge is 1.96. The van der Waals surface area contributed by atoms with Gasteiger partial charge in [0, 0.05) is 13.1 Å². The zero-order valence-electron chi connectivity index (χ0n) is 9.19. The number of aliphatic hydroxyl groups is 1. The number of ether oxygens (including phenoxy) is 1. The van der Waals surface area contributed by atoms with Gasteiger partial charge in [0.1, 0.15) is 5.75 Å². The molecular formula is C11H16N2O2S. The van der Waals surface area contributed by atoms with Gasteiger partial charge < -0.3 is 20.5 Å². The molecule has 0 spiro atoms. The molecule has 0 saturated heterocycles. The van der Waals surface area contributed by atoms with Crippen molar-refractivity contribution >= 4 is 17.3 Å². The molecule has 0 unspecified atom stereocenters. The third-order valence-electron chi connectivity index (χ3n) is 2.01. The quantitative estimate of drug-likeness (QED) is 0.660. The summed E-state index contributed by atoms with van der Waals surface area (Å²) < 4.78 is 5.06. The Balaban J connectivity index is 2.33. The van der Waals surface area contributed by atoms with Crippen molar-refractivity contribution in [3.63, 3.8) is 0 Å². The Hall–Kier alpha value is -1.33. The van der Waals surface area contributed by atoms with Crippen LogP contribution in [0.5, 0.6) is 5.75 Å². The molecule has 0 aromatic heterocycles. The van der Waals surface area contributed by atoms with Crippen LogP contribution in [0.15, 0.2) is 24.3 Å². The van der Waals surface area contributed by atoms with Crippen LogP contribution in [-0.2, 0) is 6.54 Å². The molecule has 88 valence electrons. The standard InChI is InChI=1S/C11H16N2O2S/c1-15-10-4-2-9(3-5-10)8-13-11(16)12-6-7-14/h2-5,14H,6-8H2,1H3,(H2,12,13,16). The van der Waals surface area contributed by atoms with Crippen molar-refractivity contribution in [2.75, 3.05) is 20.3 Å². The summed E-state index contributed by atoms with van der Waals surface area (Å²) in [6, 6.07) is 7.75. The van der Waals surface area contributed by atoms with Crippen LogP contribution in [0, 0.1) is 0 Å². The van der Waals surface area contributed by atoms with Crippen LogP contribution in [0.25, 0.3) is 0 Å². The van der Waals surface area contributed by atoms with E-state index in [0.29, 0.717) is 18.2 Å². The van der Waals surface area contributed by atoms with Gasteiger partial charge in [-0.15, -0.1) is 0 Å². The lowest BCUT2D eigenvalue weighted by Crippen LogP contribution is -2.36. The zero-order valence-corrected chi connectivity index (χ0v) is 10.0. The minimum Gasteiger partial charge on any atom is -0.497 e. The fraction of sp³-hybridized carbons (Fsp3) is 0.364. The molecule has 0 saturated carbocycles. The monoisotopic (exact) mass is 240 g/mol. The van der Waals surface area contributed by atoms with E-state index >= 15 is 0 Å². The van der Waals surface area contributed by atoms with E-state index in [0.717, 1.165) is 11.3 Å². The van der Waals surface area contributed by atoms with E-state index < -0.39 is 0 Å². The number of rotatable bonds is 5. The van der Waals surface area contributed by atoms with Crippen molar-refractivity contribution in [3.05, 3.63) is 29.8 Å². The summed E-state index contributed by atoms with van der Waals surface area (Å²) in [6.07, 6.45) is 0. The van der Waals surface area contributed by atoms with Gasteiger partial charge in [0.05, 0.1) is 13.7 Å². The highest BCUT2D eigenvalue weighted by molar-refractivity contribution is 7.80. The van der Waals surface area contributed by atoms with Gasteiger partial charge in [-0.1, -0.05) is 12.1 Å². The van der Waals surface area contributed by atoms with E-state index in [1.54, 1.807) is 7.11 Å². The van der Waals surface area contributed by atoms with E-state index in [2.05, 4.69) is 10.6 Å². The van der Waals surface area contributed by atoms with Gasteiger partial charge in [0.25, 0.3) is 0 Å².